The summed E-state index contributed by atoms with van der Waals surface area (Å²) in [6, 6.07) is 4.39. The predicted molar refractivity (Wildman–Crippen MR) is 105 cm³/mol. The molecule has 0 aliphatic carbocycles. The van der Waals surface area contributed by atoms with Crippen molar-refractivity contribution in [3.8, 4) is 9.88 Å². The average molecular weight is 396 g/mol. The maximum Gasteiger partial charge on any atom is 0.265 e. The Morgan fingerprint density at radius 3 is 2.72 bits per heavy atom. The molecule has 0 N–H and O–H groups in total. The highest BCUT2D eigenvalue weighted by Gasteiger charge is 2.31. The van der Waals surface area contributed by atoms with Gasteiger partial charge in [-0.25, -0.2) is 4.98 Å². The van der Waals surface area contributed by atoms with Crippen molar-refractivity contribution in [2.75, 3.05) is 26.2 Å². The minimum Gasteiger partial charge on any atom is -0.336 e. The molecule has 1 atom stereocenters. The number of nitrogens with zero attached hydrogens (tertiary/aromatic N) is 3. The zero-order valence-electron chi connectivity index (χ0n) is 14.3. The van der Waals surface area contributed by atoms with Gasteiger partial charge >= 0.3 is 0 Å². The second-order valence-electron chi connectivity index (χ2n) is 6.83. The van der Waals surface area contributed by atoms with Crippen LogP contribution in [0.15, 0.2) is 12.1 Å². The topological polar surface area (TPSA) is 36.4 Å². The Hall–Kier alpha value is -0.950. The number of likely N-dealkylation sites (tertiary alicyclic amines) is 2. The van der Waals surface area contributed by atoms with E-state index in [1.165, 1.54) is 55.0 Å². The lowest BCUT2D eigenvalue weighted by molar-refractivity contribution is 0.0611. The second kappa shape index (κ2) is 7.35. The minimum absolute atomic E-state index is 0.146. The summed E-state index contributed by atoms with van der Waals surface area (Å²) in [6.07, 6.45) is 4.90. The van der Waals surface area contributed by atoms with Crippen molar-refractivity contribution in [2.24, 2.45) is 0 Å². The zero-order valence-corrected chi connectivity index (χ0v) is 16.7. The fourth-order valence-corrected chi connectivity index (χ4v) is 5.95. The van der Waals surface area contributed by atoms with E-state index in [9.17, 15) is 4.79 Å². The molecule has 2 aromatic rings. The van der Waals surface area contributed by atoms with E-state index >= 15 is 0 Å². The first-order chi connectivity index (χ1) is 12.1. The van der Waals surface area contributed by atoms with E-state index in [1.807, 2.05) is 24.0 Å². The molecule has 1 unspecified atom stereocenters. The Labute approximate surface area is 161 Å². The number of piperidine rings is 1. The van der Waals surface area contributed by atoms with Crippen molar-refractivity contribution in [3.05, 3.63) is 27.0 Å². The summed E-state index contributed by atoms with van der Waals surface area (Å²) in [5, 5.41) is 0.894. The van der Waals surface area contributed by atoms with Crippen LogP contribution in [0.3, 0.4) is 0 Å². The van der Waals surface area contributed by atoms with Crippen LogP contribution in [0.4, 0.5) is 0 Å². The summed E-state index contributed by atoms with van der Waals surface area (Å²) >= 11 is 9.04. The Kier molecular flexibility index (Phi) is 5.13. The molecule has 0 aromatic carbocycles. The molecule has 4 rings (SSSR count). The number of halogens is 1. The van der Waals surface area contributed by atoms with Gasteiger partial charge < -0.3 is 4.90 Å². The maximum atomic E-state index is 13.1. The van der Waals surface area contributed by atoms with Gasteiger partial charge in [0.25, 0.3) is 5.91 Å². The van der Waals surface area contributed by atoms with E-state index in [0.29, 0.717) is 6.04 Å². The van der Waals surface area contributed by atoms with Gasteiger partial charge in [-0.1, -0.05) is 11.6 Å². The third-order valence-electron chi connectivity index (χ3n) is 5.12. The molecule has 2 saturated heterocycles. The highest BCUT2D eigenvalue weighted by molar-refractivity contribution is 7.24. The van der Waals surface area contributed by atoms with Crippen LogP contribution in [0, 0.1) is 6.92 Å². The van der Waals surface area contributed by atoms with Crippen LogP contribution >= 0.6 is 34.3 Å². The van der Waals surface area contributed by atoms with Crippen molar-refractivity contribution in [2.45, 2.75) is 38.6 Å². The van der Waals surface area contributed by atoms with Crippen LogP contribution < -0.4 is 0 Å². The highest BCUT2D eigenvalue weighted by atomic mass is 35.5. The number of hydrogen-bond donors (Lipinski definition) is 0. The van der Waals surface area contributed by atoms with Crippen LogP contribution in [0.1, 0.15) is 41.0 Å². The number of carbonyl (C=O) groups is 1. The summed E-state index contributed by atoms with van der Waals surface area (Å²) < 4.78 is 0.750. The molecule has 0 saturated carbocycles. The lowest BCUT2D eigenvalue weighted by atomic mass is 10.0. The third-order valence-corrected chi connectivity index (χ3v) is 7.66. The molecular weight excluding hydrogens is 374 g/mol. The van der Waals surface area contributed by atoms with Gasteiger partial charge in [0.15, 0.2) is 0 Å². The van der Waals surface area contributed by atoms with Crippen LogP contribution in [-0.4, -0.2) is 52.9 Å². The van der Waals surface area contributed by atoms with Gasteiger partial charge in [0, 0.05) is 19.1 Å². The van der Waals surface area contributed by atoms with Gasteiger partial charge in [0.05, 0.1) is 14.9 Å². The fourth-order valence-electron chi connectivity index (χ4n) is 3.82. The van der Waals surface area contributed by atoms with E-state index in [-0.39, 0.29) is 5.91 Å². The molecule has 4 heterocycles. The molecule has 4 nitrogen and oxygen atoms in total. The van der Waals surface area contributed by atoms with E-state index in [1.54, 1.807) is 0 Å². The Morgan fingerprint density at radius 2 is 2.00 bits per heavy atom. The van der Waals surface area contributed by atoms with Crippen LogP contribution in [-0.2, 0) is 0 Å². The quantitative estimate of drug-likeness (QED) is 0.765. The number of amides is 1. The number of hydrogen-bond acceptors (Lipinski definition) is 5. The van der Waals surface area contributed by atoms with Gasteiger partial charge in [-0.3, -0.25) is 9.69 Å². The van der Waals surface area contributed by atoms with E-state index in [4.69, 9.17) is 11.6 Å². The largest absolute Gasteiger partial charge is 0.336 e. The number of thiophene rings is 1. The van der Waals surface area contributed by atoms with Gasteiger partial charge in [-0.15, -0.1) is 22.7 Å². The number of rotatable bonds is 3. The van der Waals surface area contributed by atoms with Crippen molar-refractivity contribution in [1.82, 2.24) is 14.8 Å². The molecule has 1 amide bonds. The monoisotopic (exact) mass is 395 g/mol. The average Bonchev–Trinajstić information content (AvgIpc) is 3.35. The number of carbonyl (C=O) groups excluding carboxylic acids is 1. The molecule has 0 radical (unpaired) electrons. The third kappa shape index (κ3) is 3.63. The molecule has 2 aliphatic rings. The van der Waals surface area contributed by atoms with Gasteiger partial charge in [0.2, 0.25) is 0 Å². The lowest BCUT2D eigenvalue weighted by Crippen LogP contribution is -2.48. The van der Waals surface area contributed by atoms with Crippen LogP contribution in [0.2, 0.25) is 4.34 Å². The van der Waals surface area contributed by atoms with Crippen molar-refractivity contribution in [1.29, 1.82) is 0 Å². The summed E-state index contributed by atoms with van der Waals surface area (Å²) in [4.78, 5) is 24.1. The molecule has 2 aliphatic heterocycles. The van der Waals surface area contributed by atoms with Crippen molar-refractivity contribution in [3.63, 3.8) is 0 Å². The predicted octanol–water partition coefficient (Wildman–Crippen LogP) is 4.53. The first-order valence-electron chi connectivity index (χ1n) is 8.88. The summed E-state index contributed by atoms with van der Waals surface area (Å²) in [6.45, 7) is 6.03. The SMILES string of the molecule is Cc1nc(-c2ccc(Cl)s2)sc1C(=O)N1CCCC(N2CCCC2)C1. The molecule has 25 heavy (non-hydrogen) atoms. The van der Waals surface area contributed by atoms with Crippen molar-refractivity contribution < 1.29 is 4.79 Å². The smallest absolute Gasteiger partial charge is 0.265 e. The fraction of sp³-hybridized carbons (Fsp3) is 0.556. The van der Waals surface area contributed by atoms with Crippen molar-refractivity contribution >= 4 is 40.2 Å². The molecule has 0 bridgehead atoms. The van der Waals surface area contributed by atoms with Gasteiger partial charge in [0.1, 0.15) is 9.88 Å². The van der Waals surface area contributed by atoms with Crippen LogP contribution in [0.25, 0.3) is 9.88 Å². The lowest BCUT2D eigenvalue weighted by Gasteiger charge is -2.37. The summed E-state index contributed by atoms with van der Waals surface area (Å²) in [5.41, 5.74) is 0.831. The second-order valence-corrected chi connectivity index (χ2v) is 9.54. The zero-order chi connectivity index (χ0) is 17.4. The molecule has 2 fully saturated rings. The summed E-state index contributed by atoms with van der Waals surface area (Å²) in [7, 11) is 0. The highest BCUT2D eigenvalue weighted by Crippen LogP contribution is 2.35. The summed E-state index contributed by atoms with van der Waals surface area (Å²) in [5.74, 6) is 0.146. The molecule has 134 valence electrons. The molecular formula is C18H22ClN3OS2. The Balaban J connectivity index is 1.51. The number of thiazole rings is 1. The minimum atomic E-state index is 0.146. The maximum absolute atomic E-state index is 13.1. The molecule has 7 heteroatoms. The number of aryl methyl sites for hydroxylation is 1. The Bertz CT molecular complexity index is 766. The van der Waals surface area contributed by atoms with Gasteiger partial charge in [-0.2, -0.15) is 0 Å². The van der Waals surface area contributed by atoms with Gasteiger partial charge in [-0.05, 0) is 57.8 Å². The van der Waals surface area contributed by atoms with E-state index in [2.05, 4.69) is 9.88 Å². The molecule has 2 aromatic heterocycles. The first-order valence-corrected chi connectivity index (χ1v) is 10.9. The molecule has 0 spiro atoms. The normalized spacial score (nSPS) is 21.8. The van der Waals surface area contributed by atoms with Crippen LogP contribution in [0.5, 0.6) is 0 Å². The first kappa shape index (κ1) is 17.5. The number of aromatic nitrogens is 1. The Morgan fingerprint density at radius 1 is 1.20 bits per heavy atom. The standard InChI is InChI=1S/C18H22ClN3OS2/c1-12-16(25-17(20-12)14-6-7-15(19)24-14)18(23)22-10-4-5-13(11-22)21-8-2-3-9-21/h6-7,13H,2-5,8-11H2,1H3. The van der Waals surface area contributed by atoms with E-state index in [0.717, 1.165) is 44.3 Å². The van der Waals surface area contributed by atoms with E-state index < -0.39 is 0 Å².